The lowest BCUT2D eigenvalue weighted by molar-refractivity contribution is 0.0696. The Balaban J connectivity index is 1.31. The minimum Gasteiger partial charge on any atom is -0.496 e. The quantitative estimate of drug-likeness (QED) is 0.169. The molecule has 1 atom stereocenters. The number of rotatable bonds is 9. The van der Waals surface area contributed by atoms with E-state index < -0.39 is 23.4 Å². The van der Waals surface area contributed by atoms with Crippen LogP contribution in [-0.4, -0.2) is 50.9 Å². The van der Waals surface area contributed by atoms with Crippen molar-refractivity contribution in [3.63, 3.8) is 0 Å². The number of hydrogen-bond acceptors (Lipinski definition) is 7. The van der Waals surface area contributed by atoms with Crippen molar-refractivity contribution in [3.8, 4) is 22.9 Å². The molecule has 13 heteroatoms. The summed E-state index contributed by atoms with van der Waals surface area (Å²) in [7, 11) is 1.46. The zero-order valence-corrected chi connectivity index (χ0v) is 25.7. The van der Waals surface area contributed by atoms with Crippen LogP contribution in [0.1, 0.15) is 47.2 Å². The lowest BCUT2D eigenvalue weighted by atomic mass is 9.87. The first-order chi connectivity index (χ1) is 21.9. The van der Waals surface area contributed by atoms with Gasteiger partial charge in [-0.1, -0.05) is 37.6 Å². The molecule has 46 heavy (non-hydrogen) atoms. The summed E-state index contributed by atoms with van der Waals surface area (Å²) in [6, 6.07) is 10.5. The van der Waals surface area contributed by atoms with Crippen molar-refractivity contribution in [2.75, 3.05) is 20.3 Å². The highest BCUT2D eigenvalue weighted by Gasteiger charge is 2.39. The van der Waals surface area contributed by atoms with Crippen LogP contribution in [0.4, 0.5) is 13.2 Å². The maximum absolute atomic E-state index is 15.7. The van der Waals surface area contributed by atoms with Crippen molar-refractivity contribution in [1.29, 1.82) is 0 Å². The first-order valence-corrected chi connectivity index (χ1v) is 14.6. The summed E-state index contributed by atoms with van der Waals surface area (Å²) < 4.78 is 63.8. The molecule has 1 aliphatic heterocycles. The van der Waals surface area contributed by atoms with Crippen LogP contribution >= 0.6 is 11.6 Å². The third kappa shape index (κ3) is 5.97. The number of halogens is 4. The van der Waals surface area contributed by atoms with Crippen LogP contribution in [0.3, 0.4) is 0 Å². The summed E-state index contributed by atoms with van der Waals surface area (Å²) in [6.45, 7) is 4.61. The molecule has 0 bridgehead atoms. The number of imidazole rings is 1. The molecular weight excluding hydrogens is 625 g/mol. The number of carbonyl (C=O) groups is 1. The van der Waals surface area contributed by atoms with Crippen molar-refractivity contribution >= 4 is 28.6 Å². The Hall–Kier alpha value is -4.68. The molecule has 1 N–H and O–H groups in total. The number of ether oxygens (including phenoxy) is 3. The minimum atomic E-state index is -1.27. The highest BCUT2D eigenvalue weighted by molar-refractivity contribution is 6.29. The molecule has 1 fully saturated rings. The number of carboxylic acids is 1. The number of fused-ring (bicyclic) bond motifs is 1. The molecule has 0 radical (unpaired) electrons. The zero-order valence-electron chi connectivity index (χ0n) is 25.0. The number of aromatic nitrogens is 4. The molecule has 6 rings (SSSR count). The van der Waals surface area contributed by atoms with Crippen LogP contribution in [0, 0.1) is 22.9 Å². The zero-order chi connectivity index (χ0) is 32.7. The van der Waals surface area contributed by atoms with Gasteiger partial charge >= 0.3 is 5.97 Å². The topological polar surface area (TPSA) is 109 Å². The normalized spacial score (nSPS) is 15.8. The van der Waals surface area contributed by atoms with Crippen LogP contribution in [0.2, 0.25) is 5.15 Å². The Bertz CT molecular complexity index is 1980. The molecule has 0 saturated carbocycles. The van der Waals surface area contributed by atoms with Gasteiger partial charge in [0.15, 0.2) is 11.6 Å². The van der Waals surface area contributed by atoms with Crippen molar-refractivity contribution in [2.24, 2.45) is 5.41 Å². The van der Waals surface area contributed by atoms with Gasteiger partial charge in [0, 0.05) is 35.2 Å². The van der Waals surface area contributed by atoms with Crippen molar-refractivity contribution < 1.29 is 37.3 Å². The van der Waals surface area contributed by atoms with Gasteiger partial charge in [-0.15, -0.1) is 0 Å². The summed E-state index contributed by atoms with van der Waals surface area (Å²) >= 11 is 5.91. The van der Waals surface area contributed by atoms with E-state index in [9.17, 15) is 14.3 Å². The third-order valence-electron chi connectivity index (χ3n) is 8.04. The number of hydrogen-bond donors (Lipinski definition) is 1. The van der Waals surface area contributed by atoms with Gasteiger partial charge < -0.3 is 23.9 Å². The Kier molecular flexibility index (Phi) is 8.34. The Labute approximate surface area is 266 Å². The number of nitrogens with zero attached hydrogens (tertiary/aromatic N) is 4. The number of carboxylic acid groups (broad SMARTS) is 1. The van der Waals surface area contributed by atoms with Gasteiger partial charge in [0.1, 0.15) is 34.7 Å². The van der Waals surface area contributed by atoms with E-state index in [4.69, 9.17) is 25.8 Å². The van der Waals surface area contributed by atoms with E-state index in [2.05, 4.69) is 15.0 Å². The Morgan fingerprint density at radius 2 is 1.87 bits per heavy atom. The van der Waals surface area contributed by atoms with Gasteiger partial charge in [0.25, 0.3) is 5.88 Å². The lowest BCUT2D eigenvalue weighted by Crippen LogP contribution is -2.27. The van der Waals surface area contributed by atoms with E-state index in [1.54, 1.807) is 16.7 Å². The van der Waals surface area contributed by atoms with Gasteiger partial charge in [-0.25, -0.2) is 32.9 Å². The Morgan fingerprint density at radius 1 is 1.07 bits per heavy atom. The number of aromatic carboxylic acids is 1. The first-order valence-electron chi connectivity index (χ1n) is 14.2. The van der Waals surface area contributed by atoms with E-state index in [1.165, 1.54) is 43.6 Å². The molecule has 0 aliphatic carbocycles. The highest BCUT2D eigenvalue weighted by atomic mass is 35.5. The fourth-order valence-corrected chi connectivity index (χ4v) is 5.72. The lowest BCUT2D eigenvalue weighted by Gasteiger charge is -2.28. The highest BCUT2D eigenvalue weighted by Crippen LogP contribution is 2.41. The molecule has 9 nitrogen and oxygen atoms in total. The third-order valence-corrected chi connectivity index (χ3v) is 8.24. The summed E-state index contributed by atoms with van der Waals surface area (Å²) in [5, 5.41) is 9.78. The fraction of sp³-hybridized carbons (Fsp3) is 0.273. The van der Waals surface area contributed by atoms with Crippen LogP contribution in [-0.2, 0) is 17.8 Å². The molecule has 238 valence electrons. The van der Waals surface area contributed by atoms with Gasteiger partial charge in [-0.05, 0) is 35.9 Å². The van der Waals surface area contributed by atoms with E-state index in [0.29, 0.717) is 41.4 Å². The SMILES string of the molecule is COc1cc(Cl)ncc1COc1nc(-c2ccc(Cc3nc4c(F)cc(C(=O)O)cc4n3[C@@H]3COCC3(C)C)c(F)c2)ccc1F. The molecule has 5 aromatic rings. The number of benzene rings is 2. The summed E-state index contributed by atoms with van der Waals surface area (Å²) in [5.74, 6) is -2.88. The van der Waals surface area contributed by atoms with Crippen LogP contribution in [0.5, 0.6) is 11.6 Å². The molecule has 0 amide bonds. The number of pyridine rings is 2. The minimum absolute atomic E-state index is 0.00484. The largest absolute Gasteiger partial charge is 0.496 e. The predicted octanol–water partition coefficient (Wildman–Crippen LogP) is 7.04. The second kappa shape index (κ2) is 12.3. The van der Waals surface area contributed by atoms with Gasteiger partial charge in [0.2, 0.25) is 0 Å². The standard InChI is InChI=1S/C33H28ClF3N4O5/c1-33(2)16-45-15-27(33)41-25-10-19(32(42)43)9-23(37)30(25)40-29(41)11-17-4-5-18(8-22(17)36)24-7-6-21(35)31(39-24)46-14-20-13-38-28(34)12-26(20)44-3/h4-10,12-13,27H,11,14-16H2,1-3H3,(H,42,43)/t27-/m1/s1. The molecule has 0 unspecified atom stereocenters. The average Bonchev–Trinajstić information content (AvgIpc) is 3.56. The molecule has 0 spiro atoms. The fourth-order valence-electron chi connectivity index (χ4n) is 5.57. The molecule has 4 heterocycles. The summed E-state index contributed by atoms with van der Waals surface area (Å²) in [4.78, 5) is 24.5. The second-order valence-electron chi connectivity index (χ2n) is 11.6. The van der Waals surface area contributed by atoms with E-state index >= 15 is 8.78 Å². The molecule has 1 aliphatic rings. The molecule has 2 aromatic carbocycles. The van der Waals surface area contributed by atoms with Crippen LogP contribution in [0.15, 0.2) is 54.7 Å². The van der Waals surface area contributed by atoms with E-state index in [1.807, 2.05) is 13.8 Å². The van der Waals surface area contributed by atoms with E-state index in [0.717, 1.165) is 6.07 Å². The first kappa shape index (κ1) is 31.3. The van der Waals surface area contributed by atoms with E-state index in [-0.39, 0.29) is 57.9 Å². The smallest absolute Gasteiger partial charge is 0.335 e. The predicted molar refractivity (Wildman–Crippen MR) is 163 cm³/mol. The van der Waals surface area contributed by atoms with Gasteiger partial charge in [0.05, 0.1) is 43.1 Å². The number of methoxy groups -OCH3 is 1. The average molecular weight is 653 g/mol. The van der Waals surface area contributed by atoms with Crippen LogP contribution < -0.4 is 9.47 Å². The second-order valence-corrected chi connectivity index (χ2v) is 12.0. The maximum atomic E-state index is 15.7. The van der Waals surface area contributed by atoms with Gasteiger partial charge in [-0.2, -0.15) is 0 Å². The monoisotopic (exact) mass is 652 g/mol. The molecule has 1 saturated heterocycles. The van der Waals surface area contributed by atoms with Crippen molar-refractivity contribution in [1.82, 2.24) is 19.5 Å². The van der Waals surface area contributed by atoms with Crippen molar-refractivity contribution in [2.45, 2.75) is 32.9 Å². The summed E-state index contributed by atoms with van der Waals surface area (Å²) in [5.41, 5.74) is 1.10. The molecule has 3 aromatic heterocycles. The Morgan fingerprint density at radius 3 is 2.57 bits per heavy atom. The summed E-state index contributed by atoms with van der Waals surface area (Å²) in [6.07, 6.45) is 1.43. The van der Waals surface area contributed by atoms with Crippen LogP contribution in [0.25, 0.3) is 22.3 Å². The van der Waals surface area contributed by atoms with Gasteiger partial charge in [-0.3, -0.25) is 0 Å². The van der Waals surface area contributed by atoms with Crippen molar-refractivity contribution in [3.05, 3.63) is 99.8 Å². The maximum Gasteiger partial charge on any atom is 0.335 e. The molecular formula is C33H28ClF3N4O5.